The predicted octanol–water partition coefficient (Wildman–Crippen LogP) is 3.89. The first kappa shape index (κ1) is 25.4. The molecular formula is C29H32N10O2. The van der Waals surface area contributed by atoms with E-state index in [1.807, 2.05) is 42.5 Å². The van der Waals surface area contributed by atoms with Crippen molar-refractivity contribution in [2.75, 3.05) is 35.7 Å². The van der Waals surface area contributed by atoms with Gasteiger partial charge in [-0.3, -0.25) is 9.69 Å². The maximum atomic E-state index is 12.9. The highest BCUT2D eigenvalue weighted by molar-refractivity contribution is 5.97. The first-order chi connectivity index (χ1) is 19.8. The van der Waals surface area contributed by atoms with Crippen LogP contribution in [0.25, 0.3) is 5.65 Å². The number of carbonyl (C=O) groups is 2. The van der Waals surface area contributed by atoms with E-state index in [1.165, 1.54) is 24.7 Å². The van der Waals surface area contributed by atoms with Gasteiger partial charge in [0.2, 0.25) is 5.91 Å². The topological polar surface area (TPSA) is 134 Å². The molecule has 7 rings (SSSR count). The molecule has 12 heteroatoms. The minimum Gasteiger partial charge on any atom is -0.362 e. The molecule has 2 N–H and O–H groups in total. The molecule has 0 unspecified atom stereocenters. The number of pyridine rings is 1. The summed E-state index contributed by atoms with van der Waals surface area (Å²) in [7, 11) is 1.83. The minimum absolute atomic E-state index is 0.00457. The van der Waals surface area contributed by atoms with Gasteiger partial charge in [-0.2, -0.15) is 0 Å². The molecule has 5 heterocycles. The van der Waals surface area contributed by atoms with Crippen molar-refractivity contribution < 1.29 is 9.59 Å². The molecule has 12 nitrogen and oxygen atoms in total. The number of likely N-dealkylation sites (N-methyl/N-ethyl adjacent to an activating group) is 1. The van der Waals surface area contributed by atoms with Gasteiger partial charge in [-0.15, -0.1) is 0 Å². The van der Waals surface area contributed by atoms with Gasteiger partial charge >= 0.3 is 6.03 Å². The summed E-state index contributed by atoms with van der Waals surface area (Å²) >= 11 is 0. The number of nitrogens with one attached hydrogen (secondary N) is 2. The third-order valence-electron chi connectivity index (χ3n) is 8.13. The van der Waals surface area contributed by atoms with Crippen LogP contribution in [0.15, 0.2) is 43.1 Å². The van der Waals surface area contributed by atoms with Crippen molar-refractivity contribution in [1.82, 2.24) is 34.2 Å². The molecule has 1 aliphatic heterocycles. The molecule has 1 saturated heterocycles. The smallest absolute Gasteiger partial charge is 0.324 e. The van der Waals surface area contributed by atoms with Crippen molar-refractivity contribution in [3.05, 3.63) is 65.9 Å². The van der Waals surface area contributed by atoms with Crippen LogP contribution in [0, 0.1) is 12.8 Å². The number of urea groups is 1. The number of nitrogens with zero attached hydrogens (tertiary/aromatic N) is 8. The van der Waals surface area contributed by atoms with Crippen LogP contribution in [-0.4, -0.2) is 66.3 Å². The van der Waals surface area contributed by atoms with Crippen molar-refractivity contribution in [1.29, 1.82) is 0 Å². The Kier molecular flexibility index (Phi) is 6.06. The maximum absolute atomic E-state index is 12.9. The Bertz CT molecular complexity index is 1660. The average molecular weight is 553 g/mol. The molecule has 2 aliphatic carbocycles. The van der Waals surface area contributed by atoms with Gasteiger partial charge in [0.15, 0.2) is 5.65 Å². The fourth-order valence-corrected chi connectivity index (χ4v) is 5.48. The fraction of sp³-hybridized carbons (Fsp3) is 0.414. The number of rotatable bonds is 8. The van der Waals surface area contributed by atoms with Crippen LogP contribution in [0.4, 0.5) is 22.1 Å². The Morgan fingerprint density at radius 1 is 1.07 bits per heavy atom. The lowest BCUT2D eigenvalue weighted by atomic mass is 10.1. The van der Waals surface area contributed by atoms with Crippen molar-refractivity contribution in [2.45, 2.75) is 51.0 Å². The second kappa shape index (κ2) is 9.79. The van der Waals surface area contributed by atoms with E-state index < -0.39 is 0 Å². The van der Waals surface area contributed by atoms with E-state index in [0.29, 0.717) is 36.5 Å². The first-order valence-electron chi connectivity index (χ1n) is 14.1. The van der Waals surface area contributed by atoms with Crippen LogP contribution in [0.3, 0.4) is 0 Å². The zero-order valence-corrected chi connectivity index (χ0v) is 23.3. The van der Waals surface area contributed by atoms with Gasteiger partial charge in [0, 0.05) is 62.3 Å². The second-order valence-electron chi connectivity index (χ2n) is 11.3. The zero-order valence-electron chi connectivity index (χ0n) is 23.3. The molecule has 41 heavy (non-hydrogen) atoms. The van der Waals surface area contributed by atoms with Crippen LogP contribution in [0.1, 0.15) is 66.8 Å². The third kappa shape index (κ3) is 4.94. The Labute approximate surface area is 237 Å². The summed E-state index contributed by atoms with van der Waals surface area (Å²) in [4.78, 5) is 51.6. The SMILES string of the molecule is Cc1ccnc([C@H]2C[C@@H]2C(=O)Nc2cc(N[C@H](C)c3cn4cc(C5CC5)cc(N5CCN(C)C5=O)c4n3)ncn2)n1. The Morgan fingerprint density at radius 2 is 1.90 bits per heavy atom. The van der Waals surface area contributed by atoms with Gasteiger partial charge in [0.05, 0.1) is 17.4 Å². The van der Waals surface area contributed by atoms with Crippen LogP contribution in [-0.2, 0) is 4.79 Å². The molecule has 2 saturated carbocycles. The molecule has 4 aromatic heterocycles. The van der Waals surface area contributed by atoms with E-state index >= 15 is 0 Å². The molecule has 3 atom stereocenters. The Hall–Kier alpha value is -4.61. The predicted molar refractivity (Wildman–Crippen MR) is 153 cm³/mol. The third-order valence-corrected chi connectivity index (χ3v) is 8.13. The lowest BCUT2D eigenvalue weighted by Crippen LogP contribution is -2.29. The largest absolute Gasteiger partial charge is 0.362 e. The van der Waals surface area contributed by atoms with Gasteiger partial charge in [-0.1, -0.05) is 0 Å². The van der Waals surface area contributed by atoms with Crippen molar-refractivity contribution >= 4 is 34.9 Å². The number of aromatic nitrogens is 6. The minimum atomic E-state index is -0.186. The standard InChI is InChI=1S/C29H32N10O2/c1-16-6-7-30-26(33-16)20-11-21(20)28(40)36-25-12-24(31-15-32-25)34-17(2)22-14-38-13-19(18-4-5-18)10-23(27(38)35-22)39-9-8-37(3)29(39)41/h6-7,10,12-15,17-18,20-21H,4-5,8-9,11H2,1-3H3,(H2,31,32,34,36,40)/t17-,20+,21+/m1/s1. The lowest BCUT2D eigenvalue weighted by molar-refractivity contribution is -0.117. The average Bonchev–Trinajstić information content (AvgIpc) is 3.88. The van der Waals surface area contributed by atoms with Crippen molar-refractivity contribution in [2.24, 2.45) is 5.92 Å². The number of fused-ring (bicyclic) bond motifs is 1. The number of hydrogen-bond acceptors (Lipinski definition) is 8. The fourth-order valence-electron chi connectivity index (χ4n) is 5.48. The molecule has 0 aromatic carbocycles. The van der Waals surface area contributed by atoms with E-state index in [2.05, 4.69) is 42.8 Å². The molecule has 3 amide bonds. The second-order valence-corrected chi connectivity index (χ2v) is 11.3. The molecule has 3 fully saturated rings. The van der Waals surface area contributed by atoms with Crippen LogP contribution in [0.2, 0.25) is 0 Å². The maximum Gasteiger partial charge on any atom is 0.324 e. The highest BCUT2D eigenvalue weighted by Gasteiger charge is 2.46. The number of carbonyl (C=O) groups excluding carboxylic acids is 2. The van der Waals surface area contributed by atoms with Crippen molar-refractivity contribution in [3.8, 4) is 0 Å². The molecule has 0 spiro atoms. The number of imidazole rings is 1. The first-order valence-corrected chi connectivity index (χ1v) is 14.1. The summed E-state index contributed by atoms with van der Waals surface area (Å²) in [6, 6.07) is 5.51. The highest BCUT2D eigenvalue weighted by Crippen LogP contribution is 2.46. The summed E-state index contributed by atoms with van der Waals surface area (Å²) in [5.74, 6) is 2.02. The molecule has 0 bridgehead atoms. The number of hydrogen-bond donors (Lipinski definition) is 2. The summed E-state index contributed by atoms with van der Waals surface area (Å²) in [6.07, 6.45) is 10.4. The summed E-state index contributed by atoms with van der Waals surface area (Å²) in [6.45, 7) is 5.26. The Morgan fingerprint density at radius 3 is 2.66 bits per heavy atom. The quantitative estimate of drug-likeness (QED) is 0.336. The summed E-state index contributed by atoms with van der Waals surface area (Å²) in [5, 5.41) is 6.30. The summed E-state index contributed by atoms with van der Waals surface area (Å²) in [5.41, 5.74) is 4.56. The van der Waals surface area contributed by atoms with Crippen LogP contribution in [0.5, 0.6) is 0 Å². The van der Waals surface area contributed by atoms with Gasteiger partial charge in [-0.25, -0.2) is 29.7 Å². The lowest BCUT2D eigenvalue weighted by Gasteiger charge is -2.18. The van der Waals surface area contributed by atoms with Gasteiger partial charge < -0.3 is 19.9 Å². The van der Waals surface area contributed by atoms with E-state index in [4.69, 9.17) is 4.98 Å². The normalized spacial score (nSPS) is 20.9. The summed E-state index contributed by atoms with van der Waals surface area (Å²) < 4.78 is 2.04. The van der Waals surface area contributed by atoms with Gasteiger partial charge in [0.1, 0.15) is 23.8 Å². The van der Waals surface area contributed by atoms with E-state index in [9.17, 15) is 9.59 Å². The molecular weight excluding hydrogens is 520 g/mol. The van der Waals surface area contributed by atoms with Crippen LogP contribution < -0.4 is 15.5 Å². The van der Waals surface area contributed by atoms with Crippen LogP contribution >= 0.6 is 0 Å². The number of amides is 3. The molecule has 0 radical (unpaired) electrons. The van der Waals surface area contributed by atoms with Gasteiger partial charge in [-0.05, 0) is 56.7 Å². The molecule has 210 valence electrons. The monoisotopic (exact) mass is 552 g/mol. The zero-order chi connectivity index (χ0) is 28.2. The highest BCUT2D eigenvalue weighted by atomic mass is 16.2. The van der Waals surface area contributed by atoms with E-state index in [1.54, 1.807) is 17.2 Å². The Balaban J connectivity index is 1.07. The number of aryl methyl sites for hydroxylation is 1. The number of anilines is 3. The van der Waals surface area contributed by atoms with E-state index in [-0.39, 0.29) is 29.8 Å². The van der Waals surface area contributed by atoms with E-state index in [0.717, 1.165) is 29.1 Å². The molecule has 3 aliphatic rings. The molecule has 4 aromatic rings. The van der Waals surface area contributed by atoms with Gasteiger partial charge in [0.25, 0.3) is 0 Å². The van der Waals surface area contributed by atoms with Crippen molar-refractivity contribution in [3.63, 3.8) is 0 Å².